The molecule has 2 aliphatic heterocycles. The molecule has 0 unspecified atom stereocenters. The third kappa shape index (κ3) is 5.08. The lowest BCUT2D eigenvalue weighted by Gasteiger charge is -2.46. The van der Waals surface area contributed by atoms with Crippen LogP contribution in [0.4, 0.5) is 0 Å². The number of hydrogen-bond acceptors (Lipinski definition) is 11. The summed E-state index contributed by atoms with van der Waals surface area (Å²) in [5.74, 6) is 0. The maximum absolute atomic E-state index is 10.6. The molecule has 3 rings (SSSR count). The second-order valence-electron chi connectivity index (χ2n) is 7.90. The fourth-order valence-electron chi connectivity index (χ4n) is 4.04. The highest BCUT2D eigenvalue weighted by atomic mass is 16.8. The van der Waals surface area contributed by atoms with Gasteiger partial charge < -0.3 is 54.7 Å². The lowest BCUT2D eigenvalue weighted by atomic mass is 9.96. The van der Waals surface area contributed by atoms with Crippen LogP contribution in [0.2, 0.25) is 0 Å². The van der Waals surface area contributed by atoms with E-state index in [1.54, 1.807) is 0 Å². The van der Waals surface area contributed by atoms with Gasteiger partial charge in [0.25, 0.3) is 0 Å². The molecule has 2 heterocycles. The summed E-state index contributed by atoms with van der Waals surface area (Å²) in [6.07, 6.45) is -9.72. The second kappa shape index (κ2) is 10.2. The summed E-state index contributed by atoms with van der Waals surface area (Å²) in [5, 5.41) is 69.6. The Hall–Kier alpha value is -0.440. The molecular formula is C18H32O11. The van der Waals surface area contributed by atoms with Crippen LogP contribution in [0.3, 0.4) is 0 Å². The van der Waals surface area contributed by atoms with Crippen molar-refractivity contribution in [2.75, 3.05) is 13.2 Å². The predicted molar refractivity (Wildman–Crippen MR) is 94.4 cm³/mol. The Morgan fingerprint density at radius 2 is 1.17 bits per heavy atom. The van der Waals surface area contributed by atoms with Crippen LogP contribution >= 0.6 is 0 Å². The van der Waals surface area contributed by atoms with Crippen LogP contribution in [-0.2, 0) is 18.9 Å². The zero-order valence-corrected chi connectivity index (χ0v) is 16.1. The molecule has 0 aromatic rings. The first kappa shape index (κ1) is 23.2. The van der Waals surface area contributed by atoms with Gasteiger partial charge >= 0.3 is 0 Å². The van der Waals surface area contributed by atoms with Gasteiger partial charge in [0.15, 0.2) is 12.6 Å². The van der Waals surface area contributed by atoms with Crippen molar-refractivity contribution in [1.82, 2.24) is 0 Å². The molecule has 2 saturated heterocycles. The fraction of sp³-hybridized carbons (Fsp3) is 1.00. The van der Waals surface area contributed by atoms with Crippen LogP contribution in [0.5, 0.6) is 0 Å². The summed E-state index contributed by atoms with van der Waals surface area (Å²) in [6, 6.07) is 0. The van der Waals surface area contributed by atoms with Crippen molar-refractivity contribution >= 4 is 0 Å². The number of hydrogen-bond donors (Lipinski definition) is 7. The summed E-state index contributed by atoms with van der Waals surface area (Å²) >= 11 is 0. The molecule has 170 valence electrons. The molecule has 0 amide bonds. The molecule has 0 spiro atoms. The first-order chi connectivity index (χ1) is 13.9. The van der Waals surface area contributed by atoms with Crippen molar-refractivity contribution in [3.05, 3.63) is 0 Å². The lowest BCUT2D eigenvalue weighted by molar-refractivity contribution is -0.372. The Kier molecular flexibility index (Phi) is 8.21. The molecule has 0 radical (unpaired) electrons. The number of ether oxygens (including phenoxy) is 4. The summed E-state index contributed by atoms with van der Waals surface area (Å²) in [6.45, 7) is -1.18. The van der Waals surface area contributed by atoms with Gasteiger partial charge in [-0.2, -0.15) is 0 Å². The zero-order valence-electron chi connectivity index (χ0n) is 16.1. The highest BCUT2D eigenvalue weighted by Gasteiger charge is 2.51. The number of aliphatic hydroxyl groups is 7. The molecule has 29 heavy (non-hydrogen) atoms. The molecule has 10 atom stereocenters. The second-order valence-corrected chi connectivity index (χ2v) is 7.90. The van der Waals surface area contributed by atoms with Crippen molar-refractivity contribution in [2.45, 2.75) is 99.6 Å². The zero-order chi connectivity index (χ0) is 21.1. The topological polar surface area (TPSA) is 179 Å². The Morgan fingerprint density at radius 1 is 0.621 bits per heavy atom. The third-order valence-electron chi connectivity index (χ3n) is 5.84. The summed E-state index contributed by atoms with van der Waals surface area (Å²) < 4.78 is 22.5. The van der Waals surface area contributed by atoms with Gasteiger partial charge in [-0.05, 0) is 12.8 Å². The molecule has 11 heteroatoms. The van der Waals surface area contributed by atoms with E-state index in [1.165, 1.54) is 0 Å². The van der Waals surface area contributed by atoms with E-state index in [-0.39, 0.29) is 6.10 Å². The lowest BCUT2D eigenvalue weighted by Crippen LogP contribution is -2.65. The smallest absolute Gasteiger partial charge is 0.187 e. The van der Waals surface area contributed by atoms with E-state index in [4.69, 9.17) is 18.9 Å². The van der Waals surface area contributed by atoms with E-state index in [9.17, 15) is 35.7 Å². The first-order valence-corrected chi connectivity index (χ1v) is 10.1. The van der Waals surface area contributed by atoms with Crippen molar-refractivity contribution in [3.8, 4) is 0 Å². The fourth-order valence-corrected chi connectivity index (χ4v) is 4.04. The predicted octanol–water partition coefficient (Wildman–Crippen LogP) is -3.04. The van der Waals surface area contributed by atoms with Gasteiger partial charge in [0.1, 0.15) is 48.8 Å². The summed E-state index contributed by atoms with van der Waals surface area (Å²) in [7, 11) is 0. The van der Waals surface area contributed by atoms with Crippen LogP contribution < -0.4 is 0 Å². The number of rotatable bonds is 6. The normalized spacial score (nSPS) is 47.3. The van der Waals surface area contributed by atoms with Crippen LogP contribution in [0.15, 0.2) is 0 Å². The number of aliphatic hydroxyl groups excluding tert-OH is 7. The van der Waals surface area contributed by atoms with Crippen LogP contribution in [-0.4, -0.2) is 116 Å². The van der Waals surface area contributed by atoms with E-state index >= 15 is 0 Å². The molecule has 7 N–H and O–H groups in total. The SMILES string of the molecule is OC[C@H]1O[C@@H](O[C@@H]2[C@@H](OC3CCCCC3)O[C@H](CO)[C@@H](O)[C@@H]2O)[C@@H](O)[C@@H](O)[C@@H]1O. The Labute approximate surface area is 168 Å². The van der Waals surface area contributed by atoms with Gasteiger partial charge in [0.2, 0.25) is 0 Å². The average molecular weight is 424 g/mol. The van der Waals surface area contributed by atoms with Crippen molar-refractivity contribution in [2.24, 2.45) is 0 Å². The monoisotopic (exact) mass is 424 g/mol. The molecule has 11 nitrogen and oxygen atoms in total. The highest BCUT2D eigenvalue weighted by molar-refractivity contribution is 4.94. The van der Waals surface area contributed by atoms with Gasteiger partial charge in [-0.1, -0.05) is 19.3 Å². The summed E-state index contributed by atoms with van der Waals surface area (Å²) in [5.41, 5.74) is 0. The minimum Gasteiger partial charge on any atom is -0.394 e. The van der Waals surface area contributed by atoms with Crippen LogP contribution in [0.25, 0.3) is 0 Å². The van der Waals surface area contributed by atoms with Gasteiger partial charge in [0.05, 0.1) is 19.3 Å². The van der Waals surface area contributed by atoms with Crippen LogP contribution in [0, 0.1) is 0 Å². The first-order valence-electron chi connectivity index (χ1n) is 10.1. The van der Waals surface area contributed by atoms with E-state index in [1.807, 2.05) is 0 Å². The van der Waals surface area contributed by atoms with Crippen molar-refractivity contribution in [3.63, 3.8) is 0 Å². The molecule has 0 aromatic carbocycles. The maximum Gasteiger partial charge on any atom is 0.187 e. The van der Waals surface area contributed by atoms with E-state index in [2.05, 4.69) is 0 Å². The Bertz CT molecular complexity index is 500. The van der Waals surface area contributed by atoms with Gasteiger partial charge in [-0.25, -0.2) is 0 Å². The highest BCUT2D eigenvalue weighted by Crippen LogP contribution is 2.32. The van der Waals surface area contributed by atoms with E-state index in [0.717, 1.165) is 32.1 Å². The van der Waals surface area contributed by atoms with Gasteiger partial charge in [0, 0.05) is 0 Å². The third-order valence-corrected chi connectivity index (χ3v) is 5.84. The Morgan fingerprint density at radius 3 is 1.76 bits per heavy atom. The molecule has 1 aliphatic carbocycles. The van der Waals surface area contributed by atoms with Crippen molar-refractivity contribution < 1.29 is 54.7 Å². The quantitative estimate of drug-likeness (QED) is 0.230. The van der Waals surface area contributed by atoms with E-state index in [0.29, 0.717) is 0 Å². The van der Waals surface area contributed by atoms with Crippen molar-refractivity contribution in [1.29, 1.82) is 0 Å². The molecular weight excluding hydrogens is 392 g/mol. The minimum absolute atomic E-state index is 0.156. The van der Waals surface area contributed by atoms with E-state index < -0.39 is 74.6 Å². The molecule has 1 saturated carbocycles. The largest absolute Gasteiger partial charge is 0.394 e. The van der Waals surface area contributed by atoms with Gasteiger partial charge in [-0.3, -0.25) is 0 Å². The molecule has 3 aliphatic rings. The molecule has 0 aromatic heterocycles. The maximum atomic E-state index is 10.6. The minimum atomic E-state index is -1.68. The summed E-state index contributed by atoms with van der Waals surface area (Å²) in [4.78, 5) is 0. The molecule has 0 bridgehead atoms. The molecule has 3 fully saturated rings. The Balaban J connectivity index is 1.74. The van der Waals surface area contributed by atoms with Gasteiger partial charge in [-0.15, -0.1) is 0 Å². The standard InChI is InChI=1S/C18H32O11/c19-6-9-11(21)13(23)15(25)17(27-9)29-16-14(24)12(22)10(7-20)28-18(16)26-8-4-2-1-3-5-8/h8-25H,1-7H2/t9-,10-,11-,12-,13+,14+,15+,16+,17+,18+/m1/s1. The average Bonchev–Trinajstić information content (AvgIpc) is 2.73. The van der Waals surface area contributed by atoms with Crippen LogP contribution in [0.1, 0.15) is 32.1 Å².